The van der Waals surface area contributed by atoms with Gasteiger partial charge in [-0.05, 0) is 48.8 Å². The molecule has 3 atom stereocenters. The first-order chi connectivity index (χ1) is 19.8. The summed E-state index contributed by atoms with van der Waals surface area (Å²) in [5.74, 6) is 1.05. The SMILES string of the molecule is COc1cc(OCc2ccccc2)c(C=O)c2c1CC(C(=O)Nc1cc([C@H]3CC[C@@H](OC(=O)NN(C)C)C3)[nH]n1)C2. The topological polar surface area (TPSA) is 135 Å². The van der Waals surface area contributed by atoms with Gasteiger partial charge in [-0.15, -0.1) is 0 Å². The Labute approximate surface area is 238 Å². The molecule has 2 amide bonds. The van der Waals surface area contributed by atoms with Crippen LogP contribution in [0, 0.1) is 5.92 Å². The van der Waals surface area contributed by atoms with Crippen LogP contribution in [-0.2, 0) is 29.0 Å². The zero-order valence-electron chi connectivity index (χ0n) is 23.4. The third kappa shape index (κ3) is 6.51. The number of aldehydes is 1. The number of fused-ring (bicyclic) bond motifs is 1. The molecule has 2 aliphatic rings. The first-order valence-electron chi connectivity index (χ1n) is 13.7. The number of anilines is 1. The molecule has 0 bridgehead atoms. The molecule has 0 radical (unpaired) electrons. The number of nitrogens with one attached hydrogen (secondary N) is 3. The molecule has 1 unspecified atom stereocenters. The number of carbonyl (C=O) groups is 3. The predicted molar refractivity (Wildman–Crippen MR) is 151 cm³/mol. The molecular weight excluding hydrogens is 526 g/mol. The summed E-state index contributed by atoms with van der Waals surface area (Å²) < 4.78 is 17.1. The number of aromatic amines is 1. The molecule has 3 N–H and O–H groups in total. The number of nitrogens with zero attached hydrogens (tertiary/aromatic N) is 2. The highest BCUT2D eigenvalue weighted by atomic mass is 16.6. The van der Waals surface area contributed by atoms with Crippen molar-refractivity contribution in [1.29, 1.82) is 0 Å². The van der Waals surface area contributed by atoms with Crippen molar-refractivity contribution < 1.29 is 28.6 Å². The number of hydrogen-bond acceptors (Lipinski definition) is 8. The van der Waals surface area contributed by atoms with Crippen molar-refractivity contribution in [2.45, 2.75) is 50.7 Å². The van der Waals surface area contributed by atoms with Crippen molar-refractivity contribution in [2.24, 2.45) is 5.92 Å². The van der Waals surface area contributed by atoms with Crippen molar-refractivity contribution in [2.75, 3.05) is 26.5 Å². The third-order valence-corrected chi connectivity index (χ3v) is 7.62. The van der Waals surface area contributed by atoms with Crippen LogP contribution in [-0.4, -0.2) is 60.8 Å². The minimum absolute atomic E-state index is 0.148. The number of methoxy groups -OCH3 is 1. The zero-order valence-corrected chi connectivity index (χ0v) is 23.4. The average molecular weight is 562 g/mol. The Morgan fingerprint density at radius 1 is 1.10 bits per heavy atom. The number of hydrogen-bond donors (Lipinski definition) is 3. The van der Waals surface area contributed by atoms with Crippen molar-refractivity contribution >= 4 is 24.1 Å². The Hall–Kier alpha value is -4.38. The van der Waals surface area contributed by atoms with Crippen molar-refractivity contribution in [3.63, 3.8) is 0 Å². The van der Waals surface area contributed by atoms with E-state index < -0.39 is 6.09 Å². The van der Waals surface area contributed by atoms with Crippen LogP contribution in [0.3, 0.4) is 0 Å². The summed E-state index contributed by atoms with van der Waals surface area (Å²) in [6, 6.07) is 13.3. The summed E-state index contributed by atoms with van der Waals surface area (Å²) in [4.78, 5) is 37.3. The Morgan fingerprint density at radius 3 is 2.61 bits per heavy atom. The van der Waals surface area contributed by atoms with E-state index in [2.05, 4.69) is 20.9 Å². The van der Waals surface area contributed by atoms with Crippen LogP contribution in [0.2, 0.25) is 0 Å². The molecule has 5 rings (SSSR count). The summed E-state index contributed by atoms with van der Waals surface area (Å²) in [7, 11) is 5.02. The standard InChI is InChI=1S/C30H35N5O6/c1-35(2)34-30(38)41-21-10-9-19(11-21)25-14-28(33-32-25)31-29(37)20-12-22-23(13-20)26(39-3)15-27(24(22)16-36)40-17-18-7-5-4-6-8-18/h4-8,14-16,19-21H,9-13,17H2,1-3H3,(H,34,38)(H2,31,32,33,37)/t19-,20?,21+/m0/s1. The lowest BCUT2D eigenvalue weighted by Gasteiger charge is -2.16. The van der Waals surface area contributed by atoms with Crippen LogP contribution in [0.15, 0.2) is 42.5 Å². The molecule has 1 heterocycles. The van der Waals surface area contributed by atoms with E-state index in [1.54, 1.807) is 27.3 Å². The molecule has 1 fully saturated rings. The predicted octanol–water partition coefficient (Wildman–Crippen LogP) is 4.00. The zero-order chi connectivity index (χ0) is 28.9. The van der Waals surface area contributed by atoms with Gasteiger partial charge in [0, 0.05) is 43.8 Å². The Kier molecular flexibility index (Phi) is 8.53. The lowest BCUT2D eigenvalue weighted by molar-refractivity contribution is -0.119. The van der Waals surface area contributed by atoms with Gasteiger partial charge in [-0.25, -0.2) is 9.80 Å². The molecule has 3 aromatic rings. The monoisotopic (exact) mass is 561 g/mol. The van der Waals surface area contributed by atoms with Crippen molar-refractivity contribution in [1.82, 2.24) is 20.6 Å². The van der Waals surface area contributed by atoms with Gasteiger partial charge in [0.25, 0.3) is 0 Å². The number of H-pyrrole nitrogens is 1. The van der Waals surface area contributed by atoms with Crippen LogP contribution < -0.4 is 20.2 Å². The minimum atomic E-state index is -0.472. The number of rotatable bonds is 10. The normalized spacial score (nSPS) is 19.5. The smallest absolute Gasteiger partial charge is 0.422 e. The molecular formula is C30H35N5O6. The summed E-state index contributed by atoms with van der Waals surface area (Å²) in [5, 5.41) is 11.8. The van der Waals surface area contributed by atoms with Crippen LogP contribution in [0.5, 0.6) is 11.5 Å². The molecule has 1 saturated carbocycles. The van der Waals surface area contributed by atoms with E-state index in [4.69, 9.17) is 14.2 Å². The van der Waals surface area contributed by atoms with E-state index in [-0.39, 0.29) is 23.8 Å². The number of aromatic nitrogens is 2. The minimum Gasteiger partial charge on any atom is -0.496 e. The van der Waals surface area contributed by atoms with Gasteiger partial charge in [0.2, 0.25) is 5.91 Å². The Bertz CT molecular complexity index is 1410. The van der Waals surface area contributed by atoms with Crippen LogP contribution >= 0.6 is 0 Å². The van der Waals surface area contributed by atoms with Gasteiger partial charge >= 0.3 is 6.09 Å². The van der Waals surface area contributed by atoms with Gasteiger partial charge in [0.05, 0.1) is 12.7 Å². The molecule has 0 spiro atoms. The van der Waals surface area contributed by atoms with Crippen LogP contribution in [0.1, 0.15) is 57.9 Å². The Balaban J connectivity index is 1.21. The van der Waals surface area contributed by atoms with E-state index in [0.717, 1.165) is 41.5 Å². The highest BCUT2D eigenvalue weighted by Gasteiger charge is 2.34. The summed E-state index contributed by atoms with van der Waals surface area (Å²) in [6.45, 7) is 0.312. The summed E-state index contributed by atoms with van der Waals surface area (Å²) >= 11 is 0. The molecule has 0 aliphatic heterocycles. The molecule has 0 saturated heterocycles. The van der Waals surface area contributed by atoms with E-state index in [0.29, 0.717) is 48.7 Å². The van der Waals surface area contributed by atoms with Crippen LogP contribution in [0.4, 0.5) is 10.6 Å². The van der Waals surface area contributed by atoms with Crippen molar-refractivity contribution in [3.05, 3.63) is 70.4 Å². The maximum absolute atomic E-state index is 13.3. The summed E-state index contributed by atoms with van der Waals surface area (Å²) in [5.41, 5.74) is 6.53. The van der Waals surface area contributed by atoms with Gasteiger partial charge in [-0.1, -0.05) is 30.3 Å². The second-order valence-corrected chi connectivity index (χ2v) is 10.7. The third-order valence-electron chi connectivity index (χ3n) is 7.62. The second-order valence-electron chi connectivity index (χ2n) is 10.7. The molecule has 2 aliphatic carbocycles. The number of benzene rings is 2. The number of amides is 2. The van der Waals surface area contributed by atoms with E-state index in [1.165, 1.54) is 5.01 Å². The fraction of sp³-hybridized carbons (Fsp3) is 0.400. The quantitative estimate of drug-likeness (QED) is 0.250. The van der Waals surface area contributed by atoms with E-state index in [9.17, 15) is 14.4 Å². The van der Waals surface area contributed by atoms with E-state index >= 15 is 0 Å². The lowest BCUT2D eigenvalue weighted by Crippen LogP contribution is -2.38. The number of hydrazine groups is 1. The number of ether oxygens (including phenoxy) is 3. The lowest BCUT2D eigenvalue weighted by atomic mass is 10.0. The van der Waals surface area contributed by atoms with E-state index in [1.807, 2.05) is 36.4 Å². The highest BCUT2D eigenvalue weighted by molar-refractivity contribution is 5.94. The second kappa shape index (κ2) is 12.4. The van der Waals surface area contributed by atoms with Crippen molar-refractivity contribution in [3.8, 4) is 11.5 Å². The molecule has 11 heteroatoms. The average Bonchev–Trinajstić information content (AvgIpc) is 3.71. The van der Waals surface area contributed by atoms with Gasteiger partial charge in [-0.2, -0.15) is 5.10 Å². The molecule has 1 aromatic heterocycles. The highest BCUT2D eigenvalue weighted by Crippen LogP contribution is 2.41. The van der Waals surface area contributed by atoms with Gasteiger partial charge < -0.3 is 19.5 Å². The fourth-order valence-electron chi connectivity index (χ4n) is 5.65. The van der Waals surface area contributed by atoms with Gasteiger partial charge in [0.1, 0.15) is 24.2 Å². The molecule has 216 valence electrons. The molecule has 41 heavy (non-hydrogen) atoms. The first-order valence-corrected chi connectivity index (χ1v) is 13.7. The molecule has 2 aromatic carbocycles. The first kappa shape index (κ1) is 28.2. The fourth-order valence-corrected chi connectivity index (χ4v) is 5.65. The summed E-state index contributed by atoms with van der Waals surface area (Å²) in [6.07, 6.45) is 3.25. The maximum Gasteiger partial charge on any atom is 0.422 e. The van der Waals surface area contributed by atoms with Crippen LogP contribution in [0.25, 0.3) is 0 Å². The maximum atomic E-state index is 13.3. The Morgan fingerprint density at radius 2 is 1.88 bits per heavy atom. The molecule has 11 nitrogen and oxygen atoms in total. The largest absolute Gasteiger partial charge is 0.496 e. The van der Waals surface area contributed by atoms with Gasteiger partial charge in [0.15, 0.2) is 12.1 Å². The number of carbonyl (C=O) groups excluding carboxylic acids is 3. The van der Waals surface area contributed by atoms with Gasteiger partial charge in [-0.3, -0.25) is 20.1 Å².